The van der Waals surface area contributed by atoms with Crippen molar-refractivity contribution < 1.29 is 14.7 Å². The Morgan fingerprint density at radius 3 is 2.35 bits per heavy atom. The largest absolute Gasteiger partial charge is 0.481 e. The summed E-state index contributed by atoms with van der Waals surface area (Å²) in [6, 6.07) is 20.7. The molecule has 3 aromatic carbocycles. The fourth-order valence-electron chi connectivity index (χ4n) is 3.89. The molecule has 0 aliphatic carbocycles. The van der Waals surface area contributed by atoms with E-state index in [0.717, 1.165) is 27.9 Å². The van der Waals surface area contributed by atoms with Gasteiger partial charge < -0.3 is 21.5 Å². The second-order valence-electron chi connectivity index (χ2n) is 8.91. The molecular formula is C27H26ClN3O3. The number of hydrogen-bond acceptors (Lipinski definition) is 4. The second-order valence-corrected chi connectivity index (χ2v) is 9.35. The summed E-state index contributed by atoms with van der Waals surface area (Å²) in [5, 5.41) is 15.8. The third-order valence-corrected chi connectivity index (χ3v) is 5.98. The lowest BCUT2D eigenvalue weighted by molar-refractivity contribution is -0.137. The maximum Gasteiger partial charge on any atom is 0.303 e. The highest BCUT2D eigenvalue weighted by molar-refractivity contribution is 6.38. The Labute approximate surface area is 203 Å². The average molecular weight is 476 g/mol. The first-order chi connectivity index (χ1) is 16.1. The van der Waals surface area contributed by atoms with Crippen molar-refractivity contribution in [3.63, 3.8) is 0 Å². The number of benzene rings is 3. The quantitative estimate of drug-likeness (QED) is 0.338. The van der Waals surface area contributed by atoms with Crippen LogP contribution in [0.3, 0.4) is 0 Å². The Morgan fingerprint density at radius 1 is 1.06 bits per heavy atom. The molecule has 0 saturated heterocycles. The number of anilines is 2. The van der Waals surface area contributed by atoms with Crippen LogP contribution in [0.2, 0.25) is 5.02 Å². The number of carbonyl (C=O) groups excluding carboxylic acids is 1. The number of carboxylic acids is 1. The van der Waals surface area contributed by atoms with Crippen LogP contribution in [0, 0.1) is 0 Å². The summed E-state index contributed by atoms with van der Waals surface area (Å²) >= 11 is 6.13. The first-order valence-electron chi connectivity index (χ1n) is 10.9. The van der Waals surface area contributed by atoms with E-state index >= 15 is 0 Å². The monoisotopic (exact) mass is 475 g/mol. The number of aliphatic carboxylic acids is 1. The van der Waals surface area contributed by atoms with Crippen molar-refractivity contribution in [1.29, 1.82) is 0 Å². The maximum atomic E-state index is 13.0. The van der Waals surface area contributed by atoms with Gasteiger partial charge in [-0.3, -0.25) is 9.59 Å². The van der Waals surface area contributed by atoms with Crippen LogP contribution < -0.4 is 16.4 Å². The molecule has 174 valence electrons. The van der Waals surface area contributed by atoms with Crippen LogP contribution >= 0.6 is 11.6 Å². The summed E-state index contributed by atoms with van der Waals surface area (Å²) in [6.07, 6.45) is 0.499. The number of amides is 1. The predicted molar refractivity (Wildman–Crippen MR) is 137 cm³/mol. The molecule has 34 heavy (non-hydrogen) atoms. The van der Waals surface area contributed by atoms with Crippen molar-refractivity contribution in [1.82, 2.24) is 0 Å². The molecule has 1 amide bonds. The van der Waals surface area contributed by atoms with Gasteiger partial charge in [0.15, 0.2) is 0 Å². The van der Waals surface area contributed by atoms with E-state index in [1.165, 1.54) is 0 Å². The summed E-state index contributed by atoms with van der Waals surface area (Å²) in [5.41, 5.74) is 11.8. The molecule has 1 aliphatic rings. The van der Waals surface area contributed by atoms with Crippen LogP contribution in [-0.2, 0) is 21.5 Å². The van der Waals surface area contributed by atoms with Gasteiger partial charge in [0.1, 0.15) is 0 Å². The molecule has 0 saturated carbocycles. The average Bonchev–Trinajstić information content (AvgIpc) is 3.10. The predicted octanol–water partition coefficient (Wildman–Crippen LogP) is 5.48. The van der Waals surface area contributed by atoms with E-state index < -0.39 is 11.5 Å². The smallest absolute Gasteiger partial charge is 0.303 e. The van der Waals surface area contributed by atoms with E-state index in [-0.39, 0.29) is 12.3 Å². The minimum absolute atomic E-state index is 0.0614. The summed E-state index contributed by atoms with van der Waals surface area (Å²) in [5.74, 6) is -1.06. The number of hydrogen-bond donors (Lipinski definition) is 4. The van der Waals surface area contributed by atoms with E-state index in [2.05, 4.69) is 10.6 Å². The van der Waals surface area contributed by atoms with Crippen molar-refractivity contribution >= 4 is 46.1 Å². The Bertz CT molecular complexity index is 1270. The molecule has 1 aliphatic heterocycles. The number of rotatable bonds is 7. The Morgan fingerprint density at radius 2 is 1.74 bits per heavy atom. The summed E-state index contributed by atoms with van der Waals surface area (Å²) < 4.78 is 0. The van der Waals surface area contributed by atoms with Gasteiger partial charge in [0.2, 0.25) is 0 Å². The minimum Gasteiger partial charge on any atom is -0.481 e. The van der Waals surface area contributed by atoms with Gasteiger partial charge in [0, 0.05) is 28.2 Å². The molecule has 7 heteroatoms. The highest BCUT2D eigenvalue weighted by Gasteiger charge is 2.28. The van der Waals surface area contributed by atoms with Gasteiger partial charge in [-0.15, -0.1) is 0 Å². The van der Waals surface area contributed by atoms with Crippen LogP contribution in [0.25, 0.3) is 11.3 Å². The number of carbonyl (C=O) groups is 2. The zero-order chi connectivity index (χ0) is 24.5. The summed E-state index contributed by atoms with van der Waals surface area (Å²) in [7, 11) is 0. The number of aryl methyl sites for hydroxylation is 1. The van der Waals surface area contributed by atoms with Crippen LogP contribution in [0.1, 0.15) is 42.5 Å². The fourth-order valence-corrected chi connectivity index (χ4v) is 4.06. The zero-order valence-electron chi connectivity index (χ0n) is 19.0. The SMILES string of the molecule is CC(C)(N)c1ccc(N/C(=C2\C(=O)Nc3cc(Cl)ccc32)c2ccc(CCC(=O)O)cc2)cc1. The molecule has 0 radical (unpaired) electrons. The first kappa shape index (κ1) is 23.5. The molecule has 4 rings (SSSR count). The van der Waals surface area contributed by atoms with Gasteiger partial charge in [0.05, 0.1) is 17.0 Å². The molecular weight excluding hydrogens is 450 g/mol. The highest BCUT2D eigenvalue weighted by atomic mass is 35.5. The lowest BCUT2D eigenvalue weighted by Crippen LogP contribution is -2.28. The molecule has 0 atom stereocenters. The van der Waals surface area contributed by atoms with Crippen molar-refractivity contribution in [2.75, 3.05) is 10.6 Å². The van der Waals surface area contributed by atoms with Gasteiger partial charge in [-0.25, -0.2) is 0 Å². The zero-order valence-corrected chi connectivity index (χ0v) is 19.7. The van der Waals surface area contributed by atoms with Crippen molar-refractivity contribution in [3.8, 4) is 0 Å². The number of carboxylic acid groups (broad SMARTS) is 1. The normalized spacial score (nSPS) is 14.4. The molecule has 0 unspecified atom stereocenters. The number of halogens is 1. The number of nitrogens with two attached hydrogens (primary N) is 1. The van der Waals surface area contributed by atoms with Crippen LogP contribution in [0.4, 0.5) is 11.4 Å². The third-order valence-electron chi connectivity index (χ3n) is 5.74. The summed E-state index contributed by atoms with van der Waals surface area (Å²) in [4.78, 5) is 24.0. The van der Waals surface area contributed by atoms with E-state index in [4.69, 9.17) is 22.4 Å². The second kappa shape index (κ2) is 9.33. The highest BCUT2D eigenvalue weighted by Crippen LogP contribution is 2.39. The van der Waals surface area contributed by atoms with Gasteiger partial charge in [-0.1, -0.05) is 54.1 Å². The standard InChI is InChI=1S/C27H26ClN3O3/c1-27(2,29)18-8-11-20(12-9-18)30-25(17-6-3-16(4-7-17)5-14-23(32)33)24-21-13-10-19(28)15-22(21)31-26(24)34/h3-4,6-13,15,30H,5,14,29H2,1-2H3,(H,31,34)(H,32,33)/b25-24-. The molecule has 5 N–H and O–H groups in total. The molecule has 3 aromatic rings. The lowest BCUT2D eigenvalue weighted by atomic mass is 9.95. The molecule has 0 fully saturated rings. The molecule has 6 nitrogen and oxygen atoms in total. The van der Waals surface area contributed by atoms with E-state index in [9.17, 15) is 9.59 Å². The van der Waals surface area contributed by atoms with E-state index in [1.54, 1.807) is 12.1 Å². The van der Waals surface area contributed by atoms with Gasteiger partial charge >= 0.3 is 5.97 Å². The molecule has 1 heterocycles. The first-order valence-corrected chi connectivity index (χ1v) is 11.3. The molecule has 0 bridgehead atoms. The Kier molecular flexibility index (Phi) is 6.46. The lowest BCUT2D eigenvalue weighted by Gasteiger charge is -2.20. The van der Waals surface area contributed by atoms with E-state index in [0.29, 0.717) is 28.4 Å². The van der Waals surface area contributed by atoms with Gasteiger partial charge in [0.25, 0.3) is 5.91 Å². The Hall–Kier alpha value is -3.61. The molecule has 0 aromatic heterocycles. The van der Waals surface area contributed by atoms with Crippen molar-refractivity contribution in [2.24, 2.45) is 5.73 Å². The number of fused-ring (bicyclic) bond motifs is 1. The maximum absolute atomic E-state index is 13.0. The van der Waals surface area contributed by atoms with E-state index in [1.807, 2.05) is 68.4 Å². The minimum atomic E-state index is -0.837. The van der Waals surface area contributed by atoms with Crippen molar-refractivity contribution in [2.45, 2.75) is 32.2 Å². The number of nitrogens with one attached hydrogen (secondary N) is 2. The third kappa shape index (κ3) is 5.14. The van der Waals surface area contributed by atoms with Crippen LogP contribution in [0.5, 0.6) is 0 Å². The topological polar surface area (TPSA) is 104 Å². The van der Waals surface area contributed by atoms with Crippen molar-refractivity contribution in [3.05, 3.63) is 94.0 Å². The fraction of sp³-hybridized carbons (Fsp3) is 0.185. The molecule has 0 spiro atoms. The summed E-state index contributed by atoms with van der Waals surface area (Å²) in [6.45, 7) is 3.89. The Balaban J connectivity index is 1.77. The van der Waals surface area contributed by atoms with Crippen LogP contribution in [0.15, 0.2) is 66.7 Å². The van der Waals surface area contributed by atoms with Crippen LogP contribution in [-0.4, -0.2) is 17.0 Å². The van der Waals surface area contributed by atoms with Gasteiger partial charge in [-0.2, -0.15) is 0 Å². The van der Waals surface area contributed by atoms with Gasteiger partial charge in [-0.05, 0) is 61.2 Å².